The highest BCUT2D eigenvalue weighted by molar-refractivity contribution is 7.92. The van der Waals surface area contributed by atoms with Crippen molar-refractivity contribution in [3.63, 3.8) is 0 Å². The maximum Gasteiger partial charge on any atom is 0.264 e. The molecule has 0 radical (unpaired) electrons. The minimum atomic E-state index is -4.17. The van der Waals surface area contributed by atoms with Crippen LogP contribution in [0.1, 0.15) is 38.2 Å². The number of methoxy groups -OCH3 is 1. The summed E-state index contributed by atoms with van der Waals surface area (Å²) in [6.07, 6.45) is 3.91. The van der Waals surface area contributed by atoms with E-state index in [1.54, 1.807) is 73.7 Å². The summed E-state index contributed by atoms with van der Waals surface area (Å²) >= 11 is 6.06. The molecular weight excluding hydrogens is 550 g/mol. The van der Waals surface area contributed by atoms with Crippen LogP contribution >= 0.6 is 11.6 Å². The third kappa shape index (κ3) is 6.95. The van der Waals surface area contributed by atoms with Crippen molar-refractivity contribution >= 4 is 39.1 Å². The maximum atomic E-state index is 14.0. The van der Waals surface area contributed by atoms with Gasteiger partial charge in [0.2, 0.25) is 11.8 Å². The molecule has 4 rings (SSSR count). The van der Waals surface area contributed by atoms with Crippen molar-refractivity contribution in [3.8, 4) is 5.75 Å². The first-order valence-electron chi connectivity index (χ1n) is 13.3. The number of hydrogen-bond acceptors (Lipinski definition) is 5. The standard InChI is InChI=1S/C30H34ClN3O5S/c1-22(30(36)32-25-10-6-7-11-25)33(20-23-16-18-24(31)19-17-23)29(35)21-34(27-14-8-9-15-28(27)39-2)40(37,38)26-12-4-3-5-13-26/h3-5,8-9,12-19,22,25H,6-7,10-11,20-21H2,1-2H3,(H,32,36). The van der Waals surface area contributed by atoms with Gasteiger partial charge < -0.3 is 15.0 Å². The Bertz CT molecular complexity index is 1410. The number of rotatable bonds is 11. The summed E-state index contributed by atoms with van der Waals surface area (Å²) in [7, 11) is -2.73. The normalized spacial score (nSPS) is 14.4. The zero-order valence-electron chi connectivity index (χ0n) is 22.6. The van der Waals surface area contributed by atoms with Gasteiger partial charge in [-0.2, -0.15) is 0 Å². The molecule has 1 unspecified atom stereocenters. The molecule has 8 nitrogen and oxygen atoms in total. The lowest BCUT2D eigenvalue weighted by Crippen LogP contribution is -2.52. The molecular formula is C30H34ClN3O5S. The Morgan fingerprint density at radius 3 is 2.25 bits per heavy atom. The first kappa shape index (κ1) is 29.4. The van der Waals surface area contributed by atoms with Gasteiger partial charge in [0.05, 0.1) is 17.7 Å². The number of halogens is 1. The van der Waals surface area contributed by atoms with Gasteiger partial charge >= 0.3 is 0 Å². The molecule has 3 aromatic rings. The van der Waals surface area contributed by atoms with E-state index in [0.717, 1.165) is 35.6 Å². The SMILES string of the molecule is COc1ccccc1N(CC(=O)N(Cc1ccc(Cl)cc1)C(C)C(=O)NC1CCCC1)S(=O)(=O)c1ccccc1. The average molecular weight is 584 g/mol. The quantitative estimate of drug-likeness (QED) is 0.342. The van der Waals surface area contributed by atoms with Crippen molar-refractivity contribution in [1.82, 2.24) is 10.2 Å². The van der Waals surface area contributed by atoms with Gasteiger partial charge in [0.15, 0.2) is 0 Å². The summed E-state index contributed by atoms with van der Waals surface area (Å²) in [5, 5.41) is 3.61. The van der Waals surface area contributed by atoms with Crippen LogP contribution in [0.2, 0.25) is 5.02 Å². The van der Waals surface area contributed by atoms with E-state index in [9.17, 15) is 18.0 Å². The van der Waals surface area contributed by atoms with Crippen LogP contribution in [0.3, 0.4) is 0 Å². The number of carbonyl (C=O) groups is 2. The second kappa shape index (κ2) is 13.2. The van der Waals surface area contributed by atoms with Crippen molar-refractivity contribution in [2.75, 3.05) is 18.0 Å². The van der Waals surface area contributed by atoms with E-state index in [1.807, 2.05) is 0 Å². The van der Waals surface area contributed by atoms with E-state index >= 15 is 0 Å². The number of nitrogens with zero attached hydrogens (tertiary/aromatic N) is 2. The number of para-hydroxylation sites is 2. The topological polar surface area (TPSA) is 96.0 Å². The molecule has 40 heavy (non-hydrogen) atoms. The fourth-order valence-electron chi connectivity index (χ4n) is 4.83. The molecule has 0 saturated heterocycles. The number of carbonyl (C=O) groups excluding carboxylic acids is 2. The maximum absolute atomic E-state index is 14.0. The number of nitrogens with one attached hydrogen (secondary N) is 1. The predicted octanol–water partition coefficient (Wildman–Crippen LogP) is 5.02. The molecule has 10 heteroatoms. The predicted molar refractivity (Wildman–Crippen MR) is 156 cm³/mol. The smallest absolute Gasteiger partial charge is 0.264 e. The first-order chi connectivity index (χ1) is 19.2. The monoisotopic (exact) mass is 583 g/mol. The van der Waals surface area contributed by atoms with Crippen molar-refractivity contribution in [2.24, 2.45) is 0 Å². The molecule has 1 aliphatic rings. The Hall–Kier alpha value is -3.56. The first-order valence-corrected chi connectivity index (χ1v) is 15.1. The minimum absolute atomic E-state index is 0.0324. The fraction of sp³-hybridized carbons (Fsp3) is 0.333. The number of anilines is 1. The Kier molecular flexibility index (Phi) is 9.71. The van der Waals surface area contributed by atoms with E-state index < -0.39 is 28.5 Å². The van der Waals surface area contributed by atoms with Crippen LogP contribution in [-0.2, 0) is 26.2 Å². The number of benzene rings is 3. The lowest BCUT2D eigenvalue weighted by molar-refractivity contribution is -0.139. The van der Waals surface area contributed by atoms with Crippen molar-refractivity contribution in [2.45, 2.75) is 56.1 Å². The lowest BCUT2D eigenvalue weighted by Gasteiger charge is -2.32. The van der Waals surface area contributed by atoms with Crippen LogP contribution in [0, 0.1) is 0 Å². The highest BCUT2D eigenvalue weighted by Gasteiger charge is 2.34. The molecule has 212 valence electrons. The summed E-state index contributed by atoms with van der Waals surface area (Å²) in [6.45, 7) is 1.23. The summed E-state index contributed by atoms with van der Waals surface area (Å²) < 4.78 is 34.3. The lowest BCUT2D eigenvalue weighted by atomic mass is 10.1. The Balaban J connectivity index is 1.70. The van der Waals surface area contributed by atoms with Gasteiger partial charge in [-0.1, -0.05) is 66.9 Å². The Morgan fingerprint density at radius 2 is 1.60 bits per heavy atom. The van der Waals surface area contributed by atoms with Crippen LogP contribution in [0.5, 0.6) is 5.75 Å². The summed E-state index contributed by atoms with van der Waals surface area (Å²) in [6, 6.07) is 20.8. The molecule has 0 aliphatic heterocycles. The Labute approximate surface area is 240 Å². The Morgan fingerprint density at radius 1 is 0.975 bits per heavy atom. The van der Waals surface area contributed by atoms with Crippen LogP contribution in [0.4, 0.5) is 5.69 Å². The molecule has 0 bridgehead atoms. The van der Waals surface area contributed by atoms with Gasteiger partial charge in [-0.25, -0.2) is 8.42 Å². The van der Waals surface area contributed by atoms with E-state index in [0.29, 0.717) is 10.8 Å². The van der Waals surface area contributed by atoms with Gasteiger partial charge in [0.1, 0.15) is 18.3 Å². The molecule has 0 heterocycles. The molecule has 2 amide bonds. The molecule has 3 aromatic carbocycles. The van der Waals surface area contributed by atoms with Crippen LogP contribution in [0.25, 0.3) is 0 Å². The van der Waals surface area contributed by atoms with E-state index in [2.05, 4.69) is 5.32 Å². The van der Waals surface area contributed by atoms with Gasteiger partial charge in [0, 0.05) is 17.6 Å². The minimum Gasteiger partial charge on any atom is -0.495 e. The number of hydrogen-bond donors (Lipinski definition) is 1. The van der Waals surface area contributed by atoms with Gasteiger partial charge in [-0.05, 0) is 61.7 Å². The van der Waals surface area contributed by atoms with E-state index in [-0.39, 0.29) is 29.1 Å². The summed E-state index contributed by atoms with van der Waals surface area (Å²) in [4.78, 5) is 28.8. The average Bonchev–Trinajstić information content (AvgIpc) is 3.48. The third-order valence-corrected chi connectivity index (χ3v) is 9.12. The summed E-state index contributed by atoms with van der Waals surface area (Å²) in [5.74, 6) is -0.510. The molecule has 1 atom stereocenters. The highest BCUT2D eigenvalue weighted by Crippen LogP contribution is 2.32. The van der Waals surface area contributed by atoms with Gasteiger partial charge in [-0.15, -0.1) is 0 Å². The molecule has 1 fully saturated rings. The van der Waals surface area contributed by atoms with Crippen LogP contribution < -0.4 is 14.4 Å². The zero-order valence-corrected chi connectivity index (χ0v) is 24.2. The van der Waals surface area contributed by atoms with E-state index in [4.69, 9.17) is 16.3 Å². The van der Waals surface area contributed by atoms with Crippen LogP contribution in [0.15, 0.2) is 83.8 Å². The fourth-order valence-corrected chi connectivity index (χ4v) is 6.40. The second-order valence-electron chi connectivity index (χ2n) is 9.81. The summed E-state index contributed by atoms with van der Waals surface area (Å²) in [5.41, 5.74) is 0.977. The molecule has 0 aromatic heterocycles. The number of ether oxygens (including phenoxy) is 1. The number of amides is 2. The second-order valence-corrected chi connectivity index (χ2v) is 12.1. The largest absolute Gasteiger partial charge is 0.495 e. The van der Waals surface area contributed by atoms with Crippen molar-refractivity contribution in [3.05, 3.63) is 89.4 Å². The van der Waals surface area contributed by atoms with Crippen molar-refractivity contribution < 1.29 is 22.7 Å². The van der Waals surface area contributed by atoms with Crippen LogP contribution in [-0.4, -0.2) is 50.9 Å². The molecule has 0 spiro atoms. The zero-order chi connectivity index (χ0) is 28.7. The number of sulfonamides is 1. The molecule has 1 N–H and O–H groups in total. The van der Waals surface area contributed by atoms with Crippen molar-refractivity contribution in [1.29, 1.82) is 0 Å². The van der Waals surface area contributed by atoms with E-state index in [1.165, 1.54) is 24.1 Å². The van der Waals surface area contributed by atoms with Gasteiger partial charge in [-0.3, -0.25) is 13.9 Å². The third-order valence-electron chi connectivity index (χ3n) is 7.10. The molecule has 1 aliphatic carbocycles. The molecule has 1 saturated carbocycles. The van der Waals surface area contributed by atoms with Gasteiger partial charge in [0.25, 0.3) is 10.0 Å². The highest BCUT2D eigenvalue weighted by atomic mass is 35.5.